The molecule has 2 fully saturated rings. The van der Waals surface area contributed by atoms with Crippen LogP contribution >= 0.6 is 11.6 Å². The highest BCUT2D eigenvalue weighted by Crippen LogP contribution is 2.23. The maximum Gasteiger partial charge on any atom is 0.282 e. The zero-order chi connectivity index (χ0) is 14.8. The lowest BCUT2D eigenvalue weighted by Crippen LogP contribution is -2.57. The number of nitrogens with zero attached hydrogens (tertiary/aromatic N) is 3. The first-order chi connectivity index (χ1) is 9.48. The Bertz CT molecular complexity index is 410. The molecule has 0 aromatic heterocycles. The minimum absolute atomic E-state index is 0.295. The fourth-order valence-electron chi connectivity index (χ4n) is 3.10. The van der Waals surface area contributed by atoms with Crippen LogP contribution in [-0.2, 0) is 10.2 Å². The van der Waals surface area contributed by atoms with Crippen molar-refractivity contribution in [3.05, 3.63) is 0 Å². The molecule has 0 radical (unpaired) electrons. The van der Waals surface area contributed by atoms with Crippen molar-refractivity contribution in [2.45, 2.75) is 32.7 Å². The fourth-order valence-corrected chi connectivity index (χ4v) is 5.12. The maximum atomic E-state index is 12.7. The summed E-state index contributed by atoms with van der Waals surface area (Å²) in [7, 11) is -3.28. The summed E-state index contributed by atoms with van der Waals surface area (Å²) in [5.74, 6) is 1.11. The molecule has 2 heterocycles. The molecule has 2 aliphatic heterocycles. The summed E-state index contributed by atoms with van der Waals surface area (Å²) < 4.78 is 28.7. The van der Waals surface area contributed by atoms with Gasteiger partial charge in [-0.2, -0.15) is 17.0 Å². The van der Waals surface area contributed by atoms with Crippen molar-refractivity contribution in [2.75, 3.05) is 45.1 Å². The van der Waals surface area contributed by atoms with Crippen molar-refractivity contribution in [1.82, 2.24) is 13.5 Å². The predicted molar refractivity (Wildman–Crippen MR) is 82.2 cm³/mol. The summed E-state index contributed by atoms with van der Waals surface area (Å²) in [6.07, 6.45) is 1.76. The van der Waals surface area contributed by atoms with Gasteiger partial charge in [-0.1, -0.05) is 6.92 Å². The van der Waals surface area contributed by atoms with Crippen molar-refractivity contribution in [1.29, 1.82) is 0 Å². The van der Waals surface area contributed by atoms with Crippen molar-refractivity contribution in [3.8, 4) is 0 Å². The number of rotatable bonds is 4. The summed E-state index contributed by atoms with van der Waals surface area (Å²) in [6.45, 7) is 8.47. The Hall–Kier alpha value is 0.120. The van der Waals surface area contributed by atoms with Crippen LogP contribution in [0.5, 0.6) is 0 Å². The van der Waals surface area contributed by atoms with E-state index in [2.05, 4.69) is 18.7 Å². The number of piperazine rings is 1. The molecule has 1 unspecified atom stereocenters. The van der Waals surface area contributed by atoms with Crippen molar-refractivity contribution in [3.63, 3.8) is 0 Å². The van der Waals surface area contributed by atoms with Crippen molar-refractivity contribution in [2.24, 2.45) is 5.92 Å². The highest BCUT2D eigenvalue weighted by Gasteiger charge is 2.36. The average Bonchev–Trinajstić information content (AvgIpc) is 2.47. The van der Waals surface area contributed by atoms with Gasteiger partial charge in [-0.15, -0.1) is 11.6 Å². The van der Waals surface area contributed by atoms with Crippen LogP contribution in [-0.4, -0.2) is 73.1 Å². The summed E-state index contributed by atoms with van der Waals surface area (Å²) in [5, 5.41) is 0. The van der Waals surface area contributed by atoms with Crippen molar-refractivity contribution >= 4 is 21.8 Å². The van der Waals surface area contributed by atoms with E-state index in [4.69, 9.17) is 11.6 Å². The molecule has 5 nitrogen and oxygen atoms in total. The Morgan fingerprint density at radius 1 is 1.10 bits per heavy atom. The zero-order valence-electron chi connectivity index (χ0n) is 12.5. The first-order valence-electron chi connectivity index (χ1n) is 7.54. The largest absolute Gasteiger partial charge is 0.298 e. The second-order valence-electron chi connectivity index (χ2n) is 5.84. The van der Waals surface area contributed by atoms with Gasteiger partial charge in [0, 0.05) is 44.6 Å². The number of halogens is 1. The lowest BCUT2D eigenvalue weighted by molar-refractivity contribution is 0.129. The first-order valence-corrected chi connectivity index (χ1v) is 9.47. The van der Waals surface area contributed by atoms with E-state index in [0.29, 0.717) is 44.0 Å². The van der Waals surface area contributed by atoms with Crippen LogP contribution in [0.1, 0.15) is 26.7 Å². The molecule has 118 valence electrons. The maximum absolute atomic E-state index is 12.7. The molecule has 7 heteroatoms. The Morgan fingerprint density at radius 2 is 1.75 bits per heavy atom. The monoisotopic (exact) mass is 323 g/mol. The SMILES string of the molecule is CCN1CCN(S(=O)(=O)N2CCC(CCl)CC2)CC1C. The van der Waals surface area contributed by atoms with Gasteiger partial charge >= 0.3 is 0 Å². The summed E-state index contributed by atoms with van der Waals surface area (Å²) in [5.41, 5.74) is 0. The molecular formula is C13H26ClN3O2S. The van der Waals surface area contributed by atoms with E-state index in [0.717, 1.165) is 25.9 Å². The van der Waals surface area contributed by atoms with Crippen LogP contribution in [0.2, 0.25) is 0 Å². The highest BCUT2D eigenvalue weighted by atomic mass is 35.5. The van der Waals surface area contributed by atoms with E-state index >= 15 is 0 Å². The second-order valence-corrected chi connectivity index (χ2v) is 8.08. The summed E-state index contributed by atoms with van der Waals surface area (Å²) in [4.78, 5) is 2.33. The van der Waals surface area contributed by atoms with E-state index < -0.39 is 10.2 Å². The minimum Gasteiger partial charge on any atom is -0.298 e. The van der Waals surface area contributed by atoms with E-state index in [1.807, 2.05) is 0 Å². The summed E-state index contributed by atoms with van der Waals surface area (Å²) >= 11 is 5.86. The minimum atomic E-state index is -3.28. The van der Waals surface area contributed by atoms with Crippen molar-refractivity contribution < 1.29 is 8.42 Å². The molecule has 0 aromatic carbocycles. The van der Waals surface area contributed by atoms with Gasteiger partial charge in [-0.3, -0.25) is 4.90 Å². The summed E-state index contributed by atoms with van der Waals surface area (Å²) in [6, 6.07) is 0.295. The van der Waals surface area contributed by atoms with Gasteiger partial charge in [0.2, 0.25) is 0 Å². The lowest BCUT2D eigenvalue weighted by Gasteiger charge is -2.41. The molecular weight excluding hydrogens is 298 g/mol. The molecule has 2 aliphatic rings. The van der Waals surface area contributed by atoms with Crippen LogP contribution in [0.4, 0.5) is 0 Å². The van der Waals surface area contributed by atoms with Gasteiger partial charge in [0.05, 0.1) is 0 Å². The molecule has 2 rings (SSSR count). The molecule has 0 amide bonds. The first kappa shape index (κ1) is 16.5. The van der Waals surface area contributed by atoms with E-state index in [1.54, 1.807) is 8.61 Å². The third-order valence-electron chi connectivity index (χ3n) is 4.58. The Morgan fingerprint density at radius 3 is 2.25 bits per heavy atom. The molecule has 2 saturated heterocycles. The Balaban J connectivity index is 1.97. The van der Waals surface area contributed by atoms with Gasteiger partial charge in [0.15, 0.2) is 0 Å². The lowest BCUT2D eigenvalue weighted by atomic mass is 10.0. The van der Waals surface area contributed by atoms with Crippen LogP contribution in [0.3, 0.4) is 0 Å². The molecule has 20 heavy (non-hydrogen) atoms. The molecule has 0 aromatic rings. The number of hydrogen-bond donors (Lipinski definition) is 0. The van der Waals surface area contributed by atoms with E-state index in [1.165, 1.54) is 0 Å². The van der Waals surface area contributed by atoms with E-state index in [9.17, 15) is 8.42 Å². The highest BCUT2D eigenvalue weighted by molar-refractivity contribution is 7.86. The van der Waals surface area contributed by atoms with Gasteiger partial charge in [0.1, 0.15) is 0 Å². The second kappa shape index (κ2) is 6.92. The normalized spacial score (nSPS) is 28.9. The average molecular weight is 324 g/mol. The van der Waals surface area contributed by atoms with Gasteiger partial charge in [-0.25, -0.2) is 0 Å². The smallest absolute Gasteiger partial charge is 0.282 e. The number of hydrogen-bond acceptors (Lipinski definition) is 3. The van der Waals surface area contributed by atoms with Gasteiger partial charge in [0.25, 0.3) is 10.2 Å². The molecule has 0 aliphatic carbocycles. The topological polar surface area (TPSA) is 43.9 Å². The Kier molecular flexibility index (Phi) is 5.71. The molecule has 0 bridgehead atoms. The number of piperidine rings is 1. The Labute approximate surface area is 128 Å². The van der Waals surface area contributed by atoms with E-state index in [-0.39, 0.29) is 0 Å². The van der Waals surface area contributed by atoms with Crippen LogP contribution in [0.15, 0.2) is 0 Å². The molecule has 1 atom stereocenters. The van der Waals surface area contributed by atoms with Gasteiger partial charge < -0.3 is 0 Å². The van der Waals surface area contributed by atoms with Crippen LogP contribution < -0.4 is 0 Å². The van der Waals surface area contributed by atoms with Crippen LogP contribution in [0.25, 0.3) is 0 Å². The number of likely N-dealkylation sites (N-methyl/N-ethyl adjacent to an activating group) is 1. The molecule has 0 saturated carbocycles. The van der Waals surface area contributed by atoms with Gasteiger partial charge in [-0.05, 0) is 32.2 Å². The predicted octanol–water partition coefficient (Wildman–Crippen LogP) is 1.21. The van der Waals surface area contributed by atoms with Crippen LogP contribution in [0, 0.1) is 5.92 Å². The fraction of sp³-hybridized carbons (Fsp3) is 1.00. The molecule has 0 N–H and O–H groups in total. The quantitative estimate of drug-likeness (QED) is 0.730. The standard InChI is InChI=1S/C13H26ClN3O2S/c1-3-15-8-9-17(11-12(15)2)20(18,19)16-6-4-13(10-14)5-7-16/h12-13H,3-11H2,1-2H3. The third-order valence-corrected chi connectivity index (χ3v) is 7.02. The number of alkyl halides is 1. The zero-order valence-corrected chi connectivity index (χ0v) is 14.0. The molecule has 0 spiro atoms. The third kappa shape index (κ3) is 3.47.